The Morgan fingerprint density at radius 2 is 1.58 bits per heavy atom. The van der Waals surface area contributed by atoms with Gasteiger partial charge in [0.1, 0.15) is 5.60 Å². The normalized spacial score (nSPS) is 11.8. The van der Waals surface area contributed by atoms with Crippen LogP contribution in [0, 0.1) is 6.92 Å². The number of benzene rings is 2. The second kappa shape index (κ2) is 9.98. The van der Waals surface area contributed by atoms with Crippen LogP contribution in [0.3, 0.4) is 0 Å². The van der Waals surface area contributed by atoms with Gasteiger partial charge >= 0.3 is 0 Å². The first-order chi connectivity index (χ1) is 14.5. The summed E-state index contributed by atoms with van der Waals surface area (Å²) in [5, 5.41) is 19.7. The number of phenols is 2. The number of hydrogen-bond acceptors (Lipinski definition) is 6. The minimum atomic E-state index is -0.485. The van der Waals surface area contributed by atoms with Crippen LogP contribution in [0.2, 0.25) is 0 Å². The number of methoxy groups -OCH3 is 1. The van der Waals surface area contributed by atoms with E-state index in [1.165, 1.54) is 31.4 Å². The summed E-state index contributed by atoms with van der Waals surface area (Å²) in [4.78, 5) is 24.3. The smallest absolute Gasteiger partial charge is 0.165 e. The zero-order valence-electron chi connectivity index (χ0n) is 18.4. The SMILES string of the molecule is COc1cc(C=CC(=O)CC(=O)C=Cc2ccc(O)c(OC(C)(C)C)c2C)ccc1O. The maximum absolute atomic E-state index is 12.2. The molecule has 0 bridgehead atoms. The van der Waals surface area contributed by atoms with Gasteiger partial charge in [0.05, 0.1) is 13.5 Å². The maximum atomic E-state index is 12.2. The molecule has 2 aromatic rings. The number of carbonyl (C=O) groups is 2. The van der Waals surface area contributed by atoms with Gasteiger partial charge in [-0.3, -0.25) is 9.59 Å². The molecule has 0 radical (unpaired) electrons. The van der Waals surface area contributed by atoms with Crippen LogP contribution < -0.4 is 9.47 Å². The fourth-order valence-electron chi connectivity index (χ4n) is 2.77. The molecule has 2 rings (SSSR count). The minimum Gasteiger partial charge on any atom is -0.504 e. The molecule has 0 aliphatic rings. The number of allylic oxidation sites excluding steroid dienone is 2. The Kier molecular flexibility index (Phi) is 7.64. The third-order valence-electron chi connectivity index (χ3n) is 4.30. The van der Waals surface area contributed by atoms with Crippen molar-refractivity contribution < 1.29 is 29.3 Å². The van der Waals surface area contributed by atoms with E-state index in [1.807, 2.05) is 20.8 Å². The topological polar surface area (TPSA) is 93.1 Å². The average Bonchev–Trinajstić information content (AvgIpc) is 2.69. The van der Waals surface area contributed by atoms with Crippen LogP contribution in [0.4, 0.5) is 0 Å². The number of carbonyl (C=O) groups excluding carboxylic acids is 2. The predicted octanol–water partition coefficient (Wildman–Crippen LogP) is 4.85. The molecule has 0 aliphatic carbocycles. The highest BCUT2D eigenvalue weighted by Crippen LogP contribution is 2.35. The lowest BCUT2D eigenvalue weighted by Crippen LogP contribution is -2.23. The molecule has 0 aliphatic heterocycles. The highest BCUT2D eigenvalue weighted by atomic mass is 16.5. The molecule has 0 unspecified atom stereocenters. The molecular weight excluding hydrogens is 396 g/mol. The monoisotopic (exact) mass is 424 g/mol. The zero-order valence-corrected chi connectivity index (χ0v) is 18.4. The van der Waals surface area contributed by atoms with Crippen LogP contribution in [0.5, 0.6) is 23.0 Å². The molecule has 0 saturated carbocycles. The van der Waals surface area contributed by atoms with E-state index in [4.69, 9.17) is 9.47 Å². The van der Waals surface area contributed by atoms with Crippen molar-refractivity contribution in [2.75, 3.05) is 7.11 Å². The highest BCUT2D eigenvalue weighted by Gasteiger charge is 2.18. The summed E-state index contributed by atoms with van der Waals surface area (Å²) in [6.45, 7) is 7.44. The van der Waals surface area contributed by atoms with Crippen molar-refractivity contribution in [1.29, 1.82) is 0 Å². The highest BCUT2D eigenvalue weighted by molar-refractivity contribution is 6.10. The van der Waals surface area contributed by atoms with Gasteiger partial charge in [-0.2, -0.15) is 0 Å². The van der Waals surface area contributed by atoms with Crippen molar-refractivity contribution in [3.05, 3.63) is 59.2 Å². The Morgan fingerprint density at radius 3 is 2.19 bits per heavy atom. The van der Waals surface area contributed by atoms with Gasteiger partial charge in [-0.1, -0.05) is 24.3 Å². The molecular formula is C25H28O6. The minimum absolute atomic E-state index is 0.00636. The number of ketones is 2. The molecule has 2 aromatic carbocycles. The number of ether oxygens (including phenoxy) is 2. The molecule has 0 amide bonds. The summed E-state index contributed by atoms with van der Waals surface area (Å²) in [6.07, 6.45) is 5.55. The van der Waals surface area contributed by atoms with Crippen LogP contribution in [0.25, 0.3) is 12.2 Å². The van der Waals surface area contributed by atoms with Crippen molar-refractivity contribution in [3.8, 4) is 23.0 Å². The first-order valence-electron chi connectivity index (χ1n) is 9.80. The van der Waals surface area contributed by atoms with Crippen molar-refractivity contribution >= 4 is 23.7 Å². The summed E-state index contributed by atoms with van der Waals surface area (Å²) >= 11 is 0. The van der Waals surface area contributed by atoms with Crippen LogP contribution in [0.1, 0.15) is 43.9 Å². The van der Waals surface area contributed by atoms with Gasteiger partial charge in [0.15, 0.2) is 34.6 Å². The zero-order chi connectivity index (χ0) is 23.2. The third-order valence-corrected chi connectivity index (χ3v) is 4.30. The van der Waals surface area contributed by atoms with E-state index in [0.717, 1.165) is 0 Å². The molecule has 0 heterocycles. The Hall–Kier alpha value is -3.54. The Bertz CT molecular complexity index is 1030. The van der Waals surface area contributed by atoms with E-state index in [-0.39, 0.29) is 29.5 Å². The van der Waals surface area contributed by atoms with Crippen molar-refractivity contribution in [2.45, 2.75) is 39.7 Å². The fourth-order valence-corrected chi connectivity index (χ4v) is 2.77. The molecule has 0 atom stereocenters. The Morgan fingerprint density at radius 1 is 0.968 bits per heavy atom. The number of rotatable bonds is 8. The Labute approximate surface area is 182 Å². The van der Waals surface area contributed by atoms with E-state index >= 15 is 0 Å². The van der Waals surface area contributed by atoms with Crippen LogP contribution >= 0.6 is 0 Å². The van der Waals surface area contributed by atoms with Crippen LogP contribution in [-0.4, -0.2) is 34.5 Å². The number of hydrogen-bond donors (Lipinski definition) is 2. The lowest BCUT2D eigenvalue weighted by molar-refractivity contribution is -0.121. The molecule has 2 N–H and O–H groups in total. The maximum Gasteiger partial charge on any atom is 0.165 e. The second-order valence-electron chi connectivity index (χ2n) is 8.05. The predicted molar refractivity (Wildman–Crippen MR) is 121 cm³/mol. The van der Waals surface area contributed by atoms with E-state index in [9.17, 15) is 19.8 Å². The molecule has 0 aromatic heterocycles. The Balaban J connectivity index is 2.05. The lowest BCUT2D eigenvalue weighted by atomic mass is 10.0. The van der Waals surface area contributed by atoms with Gasteiger partial charge in [0.2, 0.25) is 0 Å². The van der Waals surface area contributed by atoms with Gasteiger partial charge in [0.25, 0.3) is 0 Å². The van der Waals surface area contributed by atoms with Gasteiger partial charge in [-0.15, -0.1) is 0 Å². The van der Waals surface area contributed by atoms with E-state index in [1.54, 1.807) is 37.3 Å². The van der Waals surface area contributed by atoms with Gasteiger partial charge in [0, 0.05) is 5.56 Å². The van der Waals surface area contributed by atoms with Gasteiger partial charge < -0.3 is 19.7 Å². The standard InChI is InChI=1S/C25H28O6/c1-16-18(9-13-22(29)24(16)31-25(2,3)4)8-11-20(27)15-19(26)10-6-17-7-12-21(28)23(14-17)30-5/h6-14,28-29H,15H2,1-5H3. The molecule has 0 saturated heterocycles. The fraction of sp³-hybridized carbons (Fsp3) is 0.280. The summed E-state index contributed by atoms with van der Waals surface area (Å²) in [6, 6.07) is 7.89. The largest absolute Gasteiger partial charge is 0.504 e. The van der Waals surface area contributed by atoms with Crippen molar-refractivity contribution in [3.63, 3.8) is 0 Å². The summed E-state index contributed by atoms with van der Waals surface area (Å²) in [7, 11) is 1.44. The average molecular weight is 424 g/mol. The molecule has 164 valence electrons. The molecule has 31 heavy (non-hydrogen) atoms. The molecule has 6 nitrogen and oxygen atoms in total. The molecule has 6 heteroatoms. The lowest BCUT2D eigenvalue weighted by Gasteiger charge is -2.24. The number of phenolic OH excluding ortho intramolecular Hbond substituents is 2. The summed E-state index contributed by atoms with van der Waals surface area (Å²) in [5.41, 5.74) is 1.59. The molecule has 0 spiro atoms. The first kappa shape index (κ1) is 23.7. The van der Waals surface area contributed by atoms with Gasteiger partial charge in [-0.25, -0.2) is 0 Å². The van der Waals surface area contributed by atoms with Crippen molar-refractivity contribution in [2.24, 2.45) is 0 Å². The summed E-state index contributed by atoms with van der Waals surface area (Å²) in [5.74, 6) is 0.0108. The van der Waals surface area contributed by atoms with Gasteiger partial charge in [-0.05, 0) is 69.2 Å². The van der Waals surface area contributed by atoms with E-state index in [2.05, 4.69) is 0 Å². The third kappa shape index (κ3) is 7.03. The van der Waals surface area contributed by atoms with Crippen LogP contribution in [-0.2, 0) is 9.59 Å². The number of aromatic hydroxyl groups is 2. The molecule has 0 fully saturated rings. The van der Waals surface area contributed by atoms with E-state index in [0.29, 0.717) is 28.2 Å². The van der Waals surface area contributed by atoms with E-state index < -0.39 is 5.60 Å². The summed E-state index contributed by atoms with van der Waals surface area (Å²) < 4.78 is 10.8. The quantitative estimate of drug-likeness (QED) is 0.465. The second-order valence-corrected chi connectivity index (χ2v) is 8.05. The van der Waals surface area contributed by atoms with Crippen molar-refractivity contribution in [1.82, 2.24) is 0 Å². The van der Waals surface area contributed by atoms with Crippen LogP contribution in [0.15, 0.2) is 42.5 Å². The first-order valence-corrected chi connectivity index (χ1v) is 9.80.